The third-order valence-corrected chi connectivity index (χ3v) is 2.32. The summed E-state index contributed by atoms with van der Waals surface area (Å²) in [4.78, 5) is 9.81. The minimum atomic E-state index is -0.540. The first kappa shape index (κ1) is 10.1. The van der Waals surface area contributed by atoms with Gasteiger partial charge in [0.25, 0.3) is 0 Å². The molecule has 6 nitrogen and oxygen atoms in total. The van der Waals surface area contributed by atoms with Gasteiger partial charge in [0.1, 0.15) is 10.7 Å². The predicted molar refractivity (Wildman–Crippen MR) is 51.4 cm³/mol. The summed E-state index contributed by atoms with van der Waals surface area (Å²) < 4.78 is 10.2. The largest absolute Gasteiger partial charge is 0.433 e. The summed E-state index contributed by atoms with van der Waals surface area (Å²) in [6.45, 7) is 1.97. The summed E-state index contributed by atoms with van der Waals surface area (Å²) in [5.41, 5.74) is 0. The summed E-state index contributed by atoms with van der Waals surface area (Å²) in [6.07, 6.45) is 0.975. The van der Waals surface area contributed by atoms with Crippen LogP contribution in [0.3, 0.4) is 0 Å². The van der Waals surface area contributed by atoms with Crippen molar-refractivity contribution in [2.75, 3.05) is 13.2 Å². The molecule has 1 unspecified atom stereocenters. The van der Waals surface area contributed by atoms with Gasteiger partial charge in [0.2, 0.25) is 0 Å². The highest BCUT2D eigenvalue weighted by Gasteiger charge is 2.16. The van der Waals surface area contributed by atoms with Crippen LogP contribution in [0.4, 0.5) is 5.88 Å². The molecule has 1 aliphatic rings. The molecule has 2 heterocycles. The van der Waals surface area contributed by atoms with Crippen molar-refractivity contribution < 1.29 is 14.1 Å². The molecular formula is C9H12N2O4. The van der Waals surface area contributed by atoms with Gasteiger partial charge in [-0.15, -0.1) is 0 Å². The molecule has 1 aliphatic heterocycles. The Bertz CT molecular complexity index is 344. The minimum absolute atomic E-state index is 0.213. The first-order valence-corrected chi connectivity index (χ1v) is 4.80. The highest BCUT2D eigenvalue weighted by Crippen LogP contribution is 2.15. The van der Waals surface area contributed by atoms with Crippen LogP contribution < -0.4 is 5.32 Å². The molecule has 1 aromatic heterocycles. The molecule has 1 aromatic rings. The molecule has 1 saturated heterocycles. The molecule has 0 spiro atoms. The Balaban J connectivity index is 1.84. The fraction of sp³-hybridized carbons (Fsp3) is 0.556. The van der Waals surface area contributed by atoms with Gasteiger partial charge in [-0.2, -0.15) is 0 Å². The van der Waals surface area contributed by atoms with Crippen LogP contribution in [0.15, 0.2) is 16.5 Å². The van der Waals surface area contributed by atoms with E-state index in [1.165, 1.54) is 6.07 Å². The van der Waals surface area contributed by atoms with Gasteiger partial charge in [-0.05, 0) is 12.5 Å². The standard InChI is InChI=1S/C9H12N2O4/c12-11(13)9-2-1-8(15-9)5-10-7-3-4-14-6-7/h1-2,7,10H,3-6H2. The lowest BCUT2D eigenvalue weighted by atomic mass is 10.2. The van der Waals surface area contributed by atoms with Crippen LogP contribution in [0.25, 0.3) is 0 Å². The second-order valence-electron chi connectivity index (χ2n) is 3.44. The molecule has 0 radical (unpaired) electrons. The highest BCUT2D eigenvalue weighted by molar-refractivity contribution is 5.17. The lowest BCUT2D eigenvalue weighted by Gasteiger charge is -2.07. The molecule has 0 aliphatic carbocycles. The number of furan rings is 1. The normalized spacial score (nSPS) is 20.7. The molecular weight excluding hydrogens is 200 g/mol. The van der Waals surface area contributed by atoms with E-state index in [4.69, 9.17) is 9.15 Å². The summed E-state index contributed by atoms with van der Waals surface area (Å²) in [5, 5.41) is 13.6. The lowest BCUT2D eigenvalue weighted by Crippen LogP contribution is -2.28. The Kier molecular flexibility index (Phi) is 2.98. The van der Waals surface area contributed by atoms with Crippen LogP contribution >= 0.6 is 0 Å². The van der Waals surface area contributed by atoms with Crippen molar-refractivity contribution in [2.45, 2.75) is 19.0 Å². The molecule has 2 rings (SSSR count). The van der Waals surface area contributed by atoms with E-state index < -0.39 is 4.92 Å². The number of hydrogen-bond donors (Lipinski definition) is 1. The quantitative estimate of drug-likeness (QED) is 0.596. The van der Waals surface area contributed by atoms with E-state index in [1.54, 1.807) is 6.07 Å². The van der Waals surface area contributed by atoms with Crippen molar-refractivity contribution in [1.82, 2.24) is 5.32 Å². The maximum atomic E-state index is 10.3. The average molecular weight is 212 g/mol. The summed E-state index contributed by atoms with van der Waals surface area (Å²) in [7, 11) is 0. The third kappa shape index (κ3) is 2.54. The van der Waals surface area contributed by atoms with E-state index in [1.807, 2.05) is 0 Å². The molecule has 82 valence electrons. The smallest absolute Gasteiger partial charge is 0.404 e. The molecule has 1 N–H and O–H groups in total. The summed E-state index contributed by atoms with van der Waals surface area (Å²) in [6, 6.07) is 3.30. The number of nitrogens with zero attached hydrogens (tertiary/aromatic N) is 1. The van der Waals surface area contributed by atoms with Gasteiger partial charge in [-0.25, -0.2) is 0 Å². The van der Waals surface area contributed by atoms with Gasteiger partial charge in [0.15, 0.2) is 0 Å². The van der Waals surface area contributed by atoms with Crippen molar-refractivity contribution in [3.05, 3.63) is 28.0 Å². The van der Waals surface area contributed by atoms with Crippen LogP contribution in [-0.2, 0) is 11.3 Å². The van der Waals surface area contributed by atoms with Crippen LogP contribution in [0, 0.1) is 10.1 Å². The topological polar surface area (TPSA) is 77.5 Å². The summed E-state index contributed by atoms with van der Waals surface area (Å²) >= 11 is 0. The SMILES string of the molecule is O=[N+]([O-])c1ccc(CNC2CCOC2)o1. The van der Waals surface area contributed by atoms with Crippen molar-refractivity contribution in [2.24, 2.45) is 0 Å². The van der Waals surface area contributed by atoms with E-state index >= 15 is 0 Å². The zero-order chi connectivity index (χ0) is 10.7. The average Bonchev–Trinajstić information content (AvgIpc) is 2.86. The Morgan fingerprint density at radius 1 is 1.60 bits per heavy atom. The van der Waals surface area contributed by atoms with E-state index in [0.29, 0.717) is 25.0 Å². The van der Waals surface area contributed by atoms with Crippen molar-refractivity contribution in [3.8, 4) is 0 Å². The predicted octanol–water partition coefficient (Wildman–Crippen LogP) is 1.07. The molecule has 6 heteroatoms. The van der Waals surface area contributed by atoms with Gasteiger partial charge in [-0.3, -0.25) is 10.1 Å². The molecule has 1 atom stereocenters. The van der Waals surface area contributed by atoms with E-state index in [0.717, 1.165) is 13.0 Å². The Morgan fingerprint density at radius 2 is 2.47 bits per heavy atom. The maximum Gasteiger partial charge on any atom is 0.433 e. The second kappa shape index (κ2) is 4.41. The Labute approximate surface area is 86.4 Å². The van der Waals surface area contributed by atoms with Crippen LogP contribution in [-0.4, -0.2) is 24.2 Å². The first-order chi connectivity index (χ1) is 7.25. The number of nitro groups is 1. The maximum absolute atomic E-state index is 10.3. The monoisotopic (exact) mass is 212 g/mol. The van der Waals surface area contributed by atoms with Crippen LogP contribution in [0.1, 0.15) is 12.2 Å². The molecule has 1 fully saturated rings. The molecule has 0 saturated carbocycles. The molecule has 0 bridgehead atoms. The zero-order valence-corrected chi connectivity index (χ0v) is 8.14. The van der Waals surface area contributed by atoms with E-state index in [9.17, 15) is 10.1 Å². The van der Waals surface area contributed by atoms with Crippen molar-refractivity contribution in [1.29, 1.82) is 0 Å². The zero-order valence-electron chi connectivity index (χ0n) is 8.14. The van der Waals surface area contributed by atoms with Gasteiger partial charge in [0, 0.05) is 12.6 Å². The van der Waals surface area contributed by atoms with Gasteiger partial charge in [0.05, 0.1) is 19.2 Å². The van der Waals surface area contributed by atoms with Gasteiger partial charge < -0.3 is 14.5 Å². The summed E-state index contributed by atoms with van der Waals surface area (Å²) in [5.74, 6) is 0.364. The first-order valence-electron chi connectivity index (χ1n) is 4.80. The van der Waals surface area contributed by atoms with Crippen LogP contribution in [0.5, 0.6) is 0 Å². The number of hydrogen-bond acceptors (Lipinski definition) is 5. The second-order valence-corrected chi connectivity index (χ2v) is 3.44. The Hall–Kier alpha value is -1.40. The number of rotatable bonds is 4. The fourth-order valence-corrected chi connectivity index (χ4v) is 1.50. The van der Waals surface area contributed by atoms with E-state index in [-0.39, 0.29) is 5.88 Å². The minimum Gasteiger partial charge on any atom is -0.404 e. The van der Waals surface area contributed by atoms with Gasteiger partial charge in [-0.1, -0.05) is 0 Å². The lowest BCUT2D eigenvalue weighted by molar-refractivity contribution is -0.402. The molecule has 0 amide bonds. The van der Waals surface area contributed by atoms with Crippen molar-refractivity contribution in [3.63, 3.8) is 0 Å². The van der Waals surface area contributed by atoms with E-state index in [2.05, 4.69) is 5.32 Å². The number of nitrogens with one attached hydrogen (secondary N) is 1. The number of ether oxygens (including phenoxy) is 1. The molecule has 0 aromatic carbocycles. The Morgan fingerprint density at radius 3 is 3.07 bits per heavy atom. The van der Waals surface area contributed by atoms with Crippen LogP contribution in [0.2, 0.25) is 0 Å². The van der Waals surface area contributed by atoms with Gasteiger partial charge >= 0.3 is 5.88 Å². The molecule has 15 heavy (non-hydrogen) atoms. The fourth-order valence-electron chi connectivity index (χ4n) is 1.50. The van der Waals surface area contributed by atoms with Crippen molar-refractivity contribution >= 4 is 5.88 Å². The third-order valence-electron chi connectivity index (χ3n) is 2.32. The highest BCUT2D eigenvalue weighted by atomic mass is 16.6.